The zero-order chi connectivity index (χ0) is 23.8. The lowest BCUT2D eigenvalue weighted by atomic mass is 9.98. The summed E-state index contributed by atoms with van der Waals surface area (Å²) in [4.78, 5) is 35.5. The van der Waals surface area contributed by atoms with Crippen LogP contribution in [0, 0.1) is 5.92 Å². The van der Waals surface area contributed by atoms with Crippen LogP contribution in [0.2, 0.25) is 0 Å². The number of carbonyl (C=O) groups is 3. The second-order valence-corrected chi connectivity index (χ2v) is 8.05. The summed E-state index contributed by atoms with van der Waals surface area (Å²) in [5, 5.41) is 14.2. The Hall–Kier alpha value is -3.39. The normalized spacial score (nSPS) is 14.0. The SMILES string of the molecule is CCC(CNC(=O)C(CNC(=O)OCC1c2ccccc2-c2ccccc21)OC)CC(=O)O. The number of carboxylic acids is 1. The van der Waals surface area contributed by atoms with Gasteiger partial charge in [0.05, 0.1) is 6.54 Å². The number of fused-ring (bicyclic) bond motifs is 3. The maximum absolute atomic E-state index is 12.4. The molecule has 3 rings (SSSR count). The van der Waals surface area contributed by atoms with Crippen LogP contribution in [0.1, 0.15) is 36.8 Å². The number of rotatable bonds is 11. The summed E-state index contributed by atoms with van der Waals surface area (Å²) in [6.45, 7) is 2.21. The van der Waals surface area contributed by atoms with Crippen molar-refractivity contribution < 1.29 is 29.0 Å². The molecule has 1 aliphatic rings. The minimum atomic E-state index is -0.909. The molecule has 0 fully saturated rings. The van der Waals surface area contributed by atoms with Gasteiger partial charge in [0.1, 0.15) is 6.61 Å². The first-order valence-corrected chi connectivity index (χ1v) is 11.1. The van der Waals surface area contributed by atoms with Crippen LogP contribution in [-0.2, 0) is 19.1 Å². The van der Waals surface area contributed by atoms with Gasteiger partial charge in [-0.2, -0.15) is 0 Å². The summed E-state index contributed by atoms with van der Waals surface area (Å²) >= 11 is 0. The Morgan fingerprint density at radius 1 is 0.970 bits per heavy atom. The molecule has 0 aromatic heterocycles. The third kappa shape index (κ3) is 6.10. The average molecular weight is 455 g/mol. The standard InChI is InChI=1S/C25H30N2O6/c1-3-16(12-23(28)29)13-26-24(30)22(32-2)14-27-25(31)33-15-21-19-10-6-4-8-17(19)18-9-5-7-11-20(18)21/h4-11,16,21-22H,3,12-15H2,1-2H3,(H,26,30)(H,27,31)(H,28,29). The highest BCUT2D eigenvalue weighted by molar-refractivity contribution is 5.82. The van der Waals surface area contributed by atoms with Crippen LogP contribution in [-0.4, -0.2) is 56.0 Å². The highest BCUT2D eigenvalue weighted by Crippen LogP contribution is 2.44. The number of amides is 2. The van der Waals surface area contributed by atoms with Crippen molar-refractivity contribution in [2.24, 2.45) is 5.92 Å². The summed E-state index contributed by atoms with van der Waals surface area (Å²) in [6, 6.07) is 16.1. The van der Waals surface area contributed by atoms with Crippen molar-refractivity contribution in [2.45, 2.75) is 31.8 Å². The molecule has 0 bridgehead atoms. The van der Waals surface area contributed by atoms with Gasteiger partial charge in [0, 0.05) is 26.0 Å². The van der Waals surface area contributed by atoms with Crippen molar-refractivity contribution >= 4 is 18.0 Å². The molecule has 1 aliphatic carbocycles. The van der Waals surface area contributed by atoms with E-state index in [1.165, 1.54) is 7.11 Å². The number of methoxy groups -OCH3 is 1. The smallest absolute Gasteiger partial charge is 0.407 e. The van der Waals surface area contributed by atoms with E-state index in [1.54, 1.807) is 0 Å². The van der Waals surface area contributed by atoms with E-state index in [1.807, 2.05) is 43.3 Å². The molecule has 0 saturated carbocycles. The van der Waals surface area contributed by atoms with E-state index >= 15 is 0 Å². The number of aliphatic carboxylic acids is 1. The molecule has 2 amide bonds. The van der Waals surface area contributed by atoms with E-state index in [2.05, 4.69) is 22.8 Å². The van der Waals surface area contributed by atoms with Gasteiger partial charge in [-0.25, -0.2) is 4.79 Å². The molecule has 3 N–H and O–H groups in total. The second-order valence-electron chi connectivity index (χ2n) is 8.05. The van der Waals surface area contributed by atoms with Crippen molar-refractivity contribution in [1.29, 1.82) is 0 Å². The number of hydrogen-bond acceptors (Lipinski definition) is 5. The molecule has 8 heteroatoms. The lowest BCUT2D eigenvalue weighted by molar-refractivity contribution is -0.138. The Bertz CT molecular complexity index is 947. The van der Waals surface area contributed by atoms with E-state index in [0.717, 1.165) is 22.3 Å². The molecule has 176 valence electrons. The summed E-state index contributed by atoms with van der Waals surface area (Å²) in [7, 11) is 1.37. The van der Waals surface area contributed by atoms with Gasteiger partial charge < -0.3 is 25.2 Å². The molecule has 2 aromatic carbocycles. The van der Waals surface area contributed by atoms with Crippen molar-refractivity contribution in [3.8, 4) is 11.1 Å². The topological polar surface area (TPSA) is 114 Å². The Morgan fingerprint density at radius 2 is 1.58 bits per heavy atom. The van der Waals surface area contributed by atoms with Crippen LogP contribution in [0.3, 0.4) is 0 Å². The number of benzene rings is 2. The number of carbonyl (C=O) groups excluding carboxylic acids is 2. The van der Waals surface area contributed by atoms with Crippen LogP contribution in [0.5, 0.6) is 0 Å². The number of carboxylic acid groups (broad SMARTS) is 1. The van der Waals surface area contributed by atoms with Gasteiger partial charge in [0.25, 0.3) is 5.91 Å². The number of hydrogen-bond donors (Lipinski definition) is 3. The summed E-state index contributed by atoms with van der Waals surface area (Å²) < 4.78 is 10.7. The molecule has 0 saturated heterocycles. The van der Waals surface area contributed by atoms with Gasteiger partial charge in [-0.05, 0) is 28.2 Å². The molecule has 0 radical (unpaired) electrons. The zero-order valence-corrected chi connectivity index (χ0v) is 18.9. The van der Waals surface area contributed by atoms with Gasteiger partial charge in [-0.15, -0.1) is 0 Å². The van der Waals surface area contributed by atoms with Crippen molar-refractivity contribution in [2.75, 3.05) is 26.8 Å². The molecule has 2 unspecified atom stereocenters. The monoisotopic (exact) mass is 454 g/mol. The predicted octanol–water partition coefficient (Wildman–Crippen LogP) is 3.16. The molecular formula is C25H30N2O6. The molecular weight excluding hydrogens is 424 g/mol. The number of nitrogens with one attached hydrogen (secondary N) is 2. The Balaban J connectivity index is 1.50. The second kappa shape index (κ2) is 11.5. The molecule has 2 aromatic rings. The first kappa shape index (κ1) is 24.3. The highest BCUT2D eigenvalue weighted by Gasteiger charge is 2.29. The largest absolute Gasteiger partial charge is 0.481 e. The number of alkyl carbamates (subject to hydrolysis) is 1. The first-order valence-electron chi connectivity index (χ1n) is 11.1. The summed E-state index contributed by atoms with van der Waals surface area (Å²) in [5.74, 6) is -1.54. The Morgan fingerprint density at radius 3 is 2.12 bits per heavy atom. The van der Waals surface area contributed by atoms with Gasteiger partial charge in [0.2, 0.25) is 0 Å². The molecule has 2 atom stereocenters. The van der Waals surface area contributed by atoms with Crippen molar-refractivity contribution in [3.05, 3.63) is 59.7 Å². The van der Waals surface area contributed by atoms with E-state index in [9.17, 15) is 14.4 Å². The van der Waals surface area contributed by atoms with E-state index < -0.39 is 24.1 Å². The van der Waals surface area contributed by atoms with E-state index in [4.69, 9.17) is 14.6 Å². The average Bonchev–Trinajstić information content (AvgIpc) is 3.14. The van der Waals surface area contributed by atoms with Crippen LogP contribution >= 0.6 is 0 Å². The van der Waals surface area contributed by atoms with E-state index in [-0.39, 0.29) is 38.0 Å². The minimum Gasteiger partial charge on any atom is -0.481 e. The van der Waals surface area contributed by atoms with E-state index in [0.29, 0.717) is 6.42 Å². The predicted molar refractivity (Wildman–Crippen MR) is 123 cm³/mol. The molecule has 33 heavy (non-hydrogen) atoms. The fourth-order valence-electron chi connectivity index (χ4n) is 4.08. The fourth-order valence-corrected chi connectivity index (χ4v) is 4.08. The van der Waals surface area contributed by atoms with Crippen LogP contribution in [0.15, 0.2) is 48.5 Å². The highest BCUT2D eigenvalue weighted by atomic mass is 16.5. The fraction of sp³-hybridized carbons (Fsp3) is 0.400. The van der Waals surface area contributed by atoms with Crippen molar-refractivity contribution in [1.82, 2.24) is 10.6 Å². The van der Waals surface area contributed by atoms with Gasteiger partial charge in [-0.3, -0.25) is 9.59 Å². The Labute approximate surface area is 193 Å². The van der Waals surface area contributed by atoms with Gasteiger partial charge in [-0.1, -0.05) is 61.9 Å². The third-order valence-corrected chi connectivity index (χ3v) is 5.96. The molecule has 0 heterocycles. The Kier molecular flexibility index (Phi) is 8.43. The van der Waals surface area contributed by atoms with Gasteiger partial charge in [0.15, 0.2) is 6.10 Å². The third-order valence-electron chi connectivity index (χ3n) is 5.96. The molecule has 0 aliphatic heterocycles. The maximum atomic E-state index is 12.4. The van der Waals surface area contributed by atoms with Crippen LogP contribution in [0.25, 0.3) is 11.1 Å². The van der Waals surface area contributed by atoms with Crippen LogP contribution in [0.4, 0.5) is 4.79 Å². The first-order chi connectivity index (χ1) is 15.9. The summed E-state index contributed by atoms with van der Waals surface area (Å²) in [6.07, 6.45) is -0.939. The number of ether oxygens (including phenoxy) is 2. The zero-order valence-electron chi connectivity index (χ0n) is 18.9. The molecule has 8 nitrogen and oxygen atoms in total. The van der Waals surface area contributed by atoms with Gasteiger partial charge >= 0.3 is 12.1 Å². The van der Waals surface area contributed by atoms with Crippen molar-refractivity contribution in [3.63, 3.8) is 0 Å². The maximum Gasteiger partial charge on any atom is 0.407 e. The molecule has 0 spiro atoms. The lowest BCUT2D eigenvalue weighted by Gasteiger charge is -2.19. The minimum absolute atomic E-state index is 0.0214. The quantitative estimate of drug-likeness (QED) is 0.481. The van der Waals surface area contributed by atoms with Crippen LogP contribution < -0.4 is 10.6 Å². The lowest BCUT2D eigenvalue weighted by Crippen LogP contribution is -2.45. The summed E-state index contributed by atoms with van der Waals surface area (Å²) in [5.41, 5.74) is 4.53.